The number of hydrogen-bond acceptors (Lipinski definition) is 3. The highest BCUT2D eigenvalue weighted by molar-refractivity contribution is 9.09. The average Bonchev–Trinajstić information content (AvgIpc) is 2.35. The molecule has 4 heteroatoms. The largest absolute Gasteiger partial charge is 0.496 e. The minimum atomic E-state index is -0.00806. The van der Waals surface area contributed by atoms with Crippen molar-refractivity contribution in [2.24, 2.45) is 0 Å². The van der Waals surface area contributed by atoms with Crippen LogP contribution in [-0.4, -0.2) is 32.8 Å². The molecule has 1 unspecified atom stereocenters. The lowest BCUT2D eigenvalue weighted by molar-refractivity contribution is 0.0274. The second-order valence-electron chi connectivity index (χ2n) is 3.25. The zero-order valence-electron chi connectivity index (χ0n) is 9.61. The normalized spacial score (nSPS) is 12.4. The molecule has 0 fully saturated rings. The van der Waals surface area contributed by atoms with Gasteiger partial charge in [-0.25, -0.2) is 0 Å². The Kier molecular flexibility index (Phi) is 6.45. The molecule has 0 amide bonds. The maximum absolute atomic E-state index is 5.71. The Hall–Kier alpha value is -0.580. The summed E-state index contributed by atoms with van der Waals surface area (Å²) in [7, 11) is 3.33. The minimum absolute atomic E-state index is 0.00806. The molecule has 0 aliphatic carbocycles. The van der Waals surface area contributed by atoms with Gasteiger partial charge in [-0.3, -0.25) is 0 Å². The summed E-state index contributed by atoms with van der Waals surface area (Å²) in [5.41, 5.74) is 1.05. The van der Waals surface area contributed by atoms with E-state index in [0.29, 0.717) is 13.2 Å². The van der Waals surface area contributed by atoms with Crippen LogP contribution in [0.4, 0.5) is 0 Å². The summed E-state index contributed by atoms with van der Waals surface area (Å²) in [6.07, 6.45) is -0.00806. The monoisotopic (exact) mass is 288 g/mol. The van der Waals surface area contributed by atoms with Gasteiger partial charge in [0, 0.05) is 18.0 Å². The van der Waals surface area contributed by atoms with Gasteiger partial charge in [-0.05, 0) is 6.07 Å². The third-order valence-electron chi connectivity index (χ3n) is 2.23. The van der Waals surface area contributed by atoms with Crippen LogP contribution < -0.4 is 4.74 Å². The highest BCUT2D eigenvalue weighted by atomic mass is 79.9. The fraction of sp³-hybridized carbons (Fsp3) is 0.500. The van der Waals surface area contributed by atoms with Crippen LogP contribution in [-0.2, 0) is 9.47 Å². The van der Waals surface area contributed by atoms with Gasteiger partial charge in [-0.1, -0.05) is 34.1 Å². The van der Waals surface area contributed by atoms with Gasteiger partial charge >= 0.3 is 0 Å². The fourth-order valence-electron chi connectivity index (χ4n) is 1.42. The number of hydrogen-bond donors (Lipinski definition) is 0. The molecule has 0 radical (unpaired) electrons. The molecule has 90 valence electrons. The van der Waals surface area contributed by atoms with Crippen LogP contribution in [0.3, 0.4) is 0 Å². The summed E-state index contributed by atoms with van der Waals surface area (Å²) in [5.74, 6) is 0.851. The van der Waals surface area contributed by atoms with Gasteiger partial charge in [0.2, 0.25) is 0 Å². The van der Waals surface area contributed by atoms with Crippen LogP contribution >= 0.6 is 15.9 Å². The first-order valence-corrected chi connectivity index (χ1v) is 6.25. The van der Waals surface area contributed by atoms with E-state index in [1.54, 1.807) is 14.2 Å². The fourth-order valence-corrected chi connectivity index (χ4v) is 1.96. The highest BCUT2D eigenvalue weighted by Gasteiger charge is 2.14. The Balaban J connectivity index is 2.69. The Labute approximate surface area is 105 Å². The number of halogens is 1. The third-order valence-corrected chi connectivity index (χ3v) is 2.82. The van der Waals surface area contributed by atoms with E-state index in [-0.39, 0.29) is 6.10 Å². The number of methoxy groups -OCH3 is 2. The van der Waals surface area contributed by atoms with Crippen LogP contribution in [0.15, 0.2) is 24.3 Å². The molecule has 1 aromatic carbocycles. The third kappa shape index (κ3) is 3.77. The maximum Gasteiger partial charge on any atom is 0.124 e. The van der Waals surface area contributed by atoms with Crippen molar-refractivity contribution >= 4 is 15.9 Å². The van der Waals surface area contributed by atoms with E-state index in [4.69, 9.17) is 14.2 Å². The molecule has 0 spiro atoms. The molecule has 1 aromatic rings. The van der Waals surface area contributed by atoms with E-state index in [1.165, 1.54) is 0 Å². The molecule has 0 heterocycles. The first kappa shape index (κ1) is 13.5. The SMILES string of the molecule is COCCOC(CBr)c1ccccc1OC. The summed E-state index contributed by atoms with van der Waals surface area (Å²) in [5, 5.41) is 0.733. The number of benzene rings is 1. The van der Waals surface area contributed by atoms with Gasteiger partial charge < -0.3 is 14.2 Å². The summed E-state index contributed by atoms with van der Waals surface area (Å²) in [4.78, 5) is 0. The molecule has 1 rings (SSSR count). The molecule has 0 saturated carbocycles. The second kappa shape index (κ2) is 7.65. The smallest absolute Gasteiger partial charge is 0.124 e. The number of rotatable bonds is 7. The van der Waals surface area contributed by atoms with Crippen LogP contribution in [0, 0.1) is 0 Å². The van der Waals surface area contributed by atoms with Crippen molar-refractivity contribution < 1.29 is 14.2 Å². The first-order chi connectivity index (χ1) is 7.83. The minimum Gasteiger partial charge on any atom is -0.496 e. The van der Waals surface area contributed by atoms with Crippen LogP contribution in [0.2, 0.25) is 0 Å². The molecule has 3 nitrogen and oxygen atoms in total. The molecular formula is C12H17BrO3. The summed E-state index contributed by atoms with van der Waals surface area (Å²) in [6.45, 7) is 1.17. The number of alkyl halides is 1. The van der Waals surface area contributed by atoms with Gasteiger partial charge in [0.05, 0.1) is 26.4 Å². The van der Waals surface area contributed by atoms with Gasteiger partial charge in [-0.15, -0.1) is 0 Å². The van der Waals surface area contributed by atoms with Gasteiger partial charge in [0.25, 0.3) is 0 Å². The molecule has 0 aliphatic heterocycles. The predicted molar refractivity (Wildman–Crippen MR) is 67.4 cm³/mol. The number of ether oxygens (including phenoxy) is 3. The Bertz CT molecular complexity index is 304. The van der Waals surface area contributed by atoms with Crippen molar-refractivity contribution in [3.05, 3.63) is 29.8 Å². The summed E-state index contributed by atoms with van der Waals surface area (Å²) in [6, 6.07) is 7.87. The molecule has 0 N–H and O–H groups in total. The van der Waals surface area contributed by atoms with Gasteiger partial charge in [0.1, 0.15) is 5.75 Å². The Morgan fingerprint density at radius 1 is 1.19 bits per heavy atom. The zero-order valence-corrected chi connectivity index (χ0v) is 11.2. The lowest BCUT2D eigenvalue weighted by atomic mass is 10.1. The molecule has 0 aromatic heterocycles. The average molecular weight is 289 g/mol. The maximum atomic E-state index is 5.71. The van der Waals surface area contributed by atoms with Crippen molar-refractivity contribution in [3.8, 4) is 5.75 Å². The molecular weight excluding hydrogens is 272 g/mol. The zero-order chi connectivity index (χ0) is 11.8. The van der Waals surface area contributed by atoms with Gasteiger partial charge in [0.15, 0.2) is 0 Å². The molecule has 0 bridgehead atoms. The van der Waals surface area contributed by atoms with Crippen molar-refractivity contribution in [2.75, 3.05) is 32.8 Å². The predicted octanol–water partition coefficient (Wildman–Crippen LogP) is 2.79. The van der Waals surface area contributed by atoms with E-state index in [0.717, 1.165) is 16.6 Å². The van der Waals surface area contributed by atoms with Crippen molar-refractivity contribution in [3.63, 3.8) is 0 Å². The van der Waals surface area contributed by atoms with E-state index < -0.39 is 0 Å². The topological polar surface area (TPSA) is 27.7 Å². The quantitative estimate of drug-likeness (QED) is 0.570. The van der Waals surface area contributed by atoms with E-state index in [2.05, 4.69) is 15.9 Å². The highest BCUT2D eigenvalue weighted by Crippen LogP contribution is 2.28. The second-order valence-corrected chi connectivity index (χ2v) is 3.90. The van der Waals surface area contributed by atoms with Crippen molar-refractivity contribution in [1.82, 2.24) is 0 Å². The van der Waals surface area contributed by atoms with Crippen molar-refractivity contribution in [2.45, 2.75) is 6.10 Å². The van der Waals surface area contributed by atoms with E-state index in [9.17, 15) is 0 Å². The van der Waals surface area contributed by atoms with E-state index >= 15 is 0 Å². The molecule has 1 atom stereocenters. The first-order valence-electron chi connectivity index (χ1n) is 5.13. The molecule has 16 heavy (non-hydrogen) atoms. The Morgan fingerprint density at radius 2 is 1.94 bits per heavy atom. The van der Waals surface area contributed by atoms with E-state index in [1.807, 2.05) is 24.3 Å². The van der Waals surface area contributed by atoms with Gasteiger partial charge in [-0.2, -0.15) is 0 Å². The lowest BCUT2D eigenvalue weighted by Gasteiger charge is -2.18. The standard InChI is InChI=1S/C12H17BrO3/c1-14-7-8-16-12(9-13)10-5-3-4-6-11(10)15-2/h3-6,12H,7-9H2,1-2H3. The summed E-state index contributed by atoms with van der Waals surface area (Å²) < 4.78 is 16.0. The Morgan fingerprint density at radius 3 is 2.56 bits per heavy atom. The van der Waals surface area contributed by atoms with Crippen LogP contribution in [0.1, 0.15) is 11.7 Å². The van der Waals surface area contributed by atoms with Crippen LogP contribution in [0.5, 0.6) is 5.75 Å². The summed E-state index contributed by atoms with van der Waals surface area (Å²) >= 11 is 3.45. The van der Waals surface area contributed by atoms with Crippen molar-refractivity contribution in [1.29, 1.82) is 0 Å². The molecule has 0 saturated heterocycles. The lowest BCUT2D eigenvalue weighted by Crippen LogP contribution is -2.11. The molecule has 0 aliphatic rings. The van der Waals surface area contributed by atoms with Crippen LogP contribution in [0.25, 0.3) is 0 Å². The number of para-hydroxylation sites is 1.